The third-order valence-corrected chi connectivity index (χ3v) is 9.20. The number of H-pyrrole nitrogens is 1. The van der Waals surface area contributed by atoms with E-state index in [1.165, 1.54) is 53.0 Å². The van der Waals surface area contributed by atoms with Gasteiger partial charge in [0.15, 0.2) is 0 Å². The minimum absolute atomic E-state index is 0.239. The Kier molecular flexibility index (Phi) is 5.90. The van der Waals surface area contributed by atoms with E-state index < -0.39 is 0 Å². The minimum atomic E-state index is 0.239. The Balaban J connectivity index is 1.24. The molecule has 34 heavy (non-hydrogen) atoms. The normalized spacial score (nSPS) is 22.3. The lowest BCUT2D eigenvalue weighted by atomic mass is 9.87. The van der Waals surface area contributed by atoms with E-state index in [2.05, 4.69) is 57.4 Å². The molecule has 1 aliphatic carbocycles. The Morgan fingerprint density at radius 1 is 1.18 bits per heavy atom. The summed E-state index contributed by atoms with van der Waals surface area (Å²) in [5.41, 5.74) is 2.90. The summed E-state index contributed by atoms with van der Waals surface area (Å²) >= 11 is 1.65. The average molecular weight is 472 g/mol. The van der Waals surface area contributed by atoms with Gasteiger partial charge in [0.2, 0.25) is 0 Å². The highest BCUT2D eigenvalue weighted by Crippen LogP contribution is 2.51. The Morgan fingerprint density at radius 2 is 2.09 bits per heavy atom. The molecule has 6 rings (SSSR count). The fourth-order valence-electron chi connectivity index (χ4n) is 5.92. The zero-order valence-electron chi connectivity index (χ0n) is 19.8. The Hall–Kier alpha value is -2.66. The van der Waals surface area contributed by atoms with Gasteiger partial charge in [-0.15, -0.1) is 11.3 Å². The number of nitrogens with zero attached hydrogens (tertiary/aromatic N) is 2. The van der Waals surface area contributed by atoms with Gasteiger partial charge in [-0.05, 0) is 79.9 Å². The second-order valence-electron chi connectivity index (χ2n) is 10.5. The van der Waals surface area contributed by atoms with Crippen molar-refractivity contribution >= 4 is 32.9 Å². The van der Waals surface area contributed by atoms with Crippen molar-refractivity contribution < 1.29 is 4.79 Å². The third kappa shape index (κ3) is 4.50. The molecule has 0 radical (unpaired) electrons. The van der Waals surface area contributed by atoms with Crippen LogP contribution in [0.4, 0.5) is 0 Å². The summed E-state index contributed by atoms with van der Waals surface area (Å²) in [5, 5.41) is 2.47. The minimum Gasteiger partial charge on any atom is -0.346 e. The number of carbonyl (C=O) groups is 1. The SMILES string of the molecule is O=C(c1cc2ccccc2s1)N1CCC(CC2=c3cc[nH]c3=NC=CCC2)CCCC2(CC2)C1. The monoisotopic (exact) mass is 471 g/mol. The van der Waals surface area contributed by atoms with Gasteiger partial charge in [-0.3, -0.25) is 4.79 Å². The Labute approximate surface area is 205 Å². The maximum Gasteiger partial charge on any atom is 0.263 e. The quantitative estimate of drug-likeness (QED) is 0.515. The van der Waals surface area contributed by atoms with Crippen LogP contribution >= 0.6 is 11.3 Å². The number of fused-ring (bicyclic) bond motifs is 2. The van der Waals surface area contributed by atoms with Crippen LogP contribution in [-0.2, 0) is 0 Å². The molecule has 0 bridgehead atoms. The molecule has 1 N–H and O–H groups in total. The van der Waals surface area contributed by atoms with Gasteiger partial charge in [0.1, 0.15) is 5.49 Å². The second kappa shape index (κ2) is 9.18. The topological polar surface area (TPSA) is 48.5 Å². The van der Waals surface area contributed by atoms with Gasteiger partial charge >= 0.3 is 0 Å². The molecule has 1 unspecified atom stereocenters. The van der Waals surface area contributed by atoms with Crippen LogP contribution in [0.5, 0.6) is 0 Å². The Bertz CT molecular complexity index is 1310. The summed E-state index contributed by atoms with van der Waals surface area (Å²) in [4.78, 5) is 24.7. The molecule has 2 aromatic heterocycles. The molecule has 4 heterocycles. The number of nitrogens with one attached hydrogen (secondary N) is 1. The van der Waals surface area contributed by atoms with E-state index >= 15 is 0 Å². The number of carbonyl (C=O) groups excluding carboxylic acids is 1. The number of hydrogen-bond donors (Lipinski definition) is 1. The van der Waals surface area contributed by atoms with Gasteiger partial charge in [0.05, 0.1) is 4.88 Å². The summed E-state index contributed by atoms with van der Waals surface area (Å²) in [6.07, 6.45) is 16.9. The van der Waals surface area contributed by atoms with Crippen molar-refractivity contribution in [3.63, 3.8) is 0 Å². The highest BCUT2D eigenvalue weighted by Gasteiger charge is 2.44. The maximum absolute atomic E-state index is 13.7. The standard InChI is InChI=1S/C29H33N3OS/c33-28(26-19-23-8-1-2-9-25(23)34-26)32-17-11-21(6-5-12-29(20-32)13-14-29)18-22-7-3-4-15-30-27-24(22)10-16-31-27/h1-2,4,8-10,15-16,19,21H,3,5-7,11-14,17-18,20H2,(H,30,31). The van der Waals surface area contributed by atoms with Crippen LogP contribution in [0.25, 0.3) is 15.7 Å². The van der Waals surface area contributed by atoms with Crippen LogP contribution in [0, 0.1) is 11.3 Å². The van der Waals surface area contributed by atoms with Crippen LogP contribution in [0.2, 0.25) is 0 Å². The first-order valence-corrected chi connectivity index (χ1v) is 13.7. The Morgan fingerprint density at radius 3 is 2.97 bits per heavy atom. The van der Waals surface area contributed by atoms with Crippen molar-refractivity contribution in [3.8, 4) is 0 Å². The van der Waals surface area contributed by atoms with Crippen molar-refractivity contribution in [2.45, 2.75) is 57.8 Å². The van der Waals surface area contributed by atoms with E-state index in [4.69, 9.17) is 0 Å². The summed E-state index contributed by atoms with van der Waals surface area (Å²) in [6.45, 7) is 1.81. The number of allylic oxidation sites excluding steroid dienone is 1. The smallest absolute Gasteiger partial charge is 0.263 e. The largest absolute Gasteiger partial charge is 0.346 e. The molecule has 1 atom stereocenters. The van der Waals surface area contributed by atoms with E-state index in [1.54, 1.807) is 11.3 Å². The number of thiophene rings is 1. The first-order valence-electron chi connectivity index (χ1n) is 12.9. The van der Waals surface area contributed by atoms with Crippen LogP contribution in [0.3, 0.4) is 0 Å². The summed E-state index contributed by atoms with van der Waals surface area (Å²) in [7, 11) is 0. The van der Waals surface area contributed by atoms with Crippen LogP contribution in [-0.4, -0.2) is 28.9 Å². The predicted molar refractivity (Wildman–Crippen MR) is 139 cm³/mol. The zero-order chi connectivity index (χ0) is 23.0. The zero-order valence-corrected chi connectivity index (χ0v) is 20.6. The molecule has 1 saturated heterocycles. The van der Waals surface area contributed by atoms with Gasteiger partial charge in [-0.1, -0.05) is 42.7 Å². The highest BCUT2D eigenvalue weighted by molar-refractivity contribution is 7.20. The molecular formula is C29H33N3OS. The summed E-state index contributed by atoms with van der Waals surface area (Å²) in [6, 6.07) is 12.6. The molecule has 3 aromatic rings. The van der Waals surface area contributed by atoms with Gasteiger partial charge in [0.25, 0.3) is 5.91 Å². The highest BCUT2D eigenvalue weighted by atomic mass is 32.1. The van der Waals surface area contributed by atoms with Gasteiger partial charge in [-0.2, -0.15) is 0 Å². The molecule has 4 nitrogen and oxygen atoms in total. The van der Waals surface area contributed by atoms with Crippen molar-refractivity contribution in [3.05, 3.63) is 70.5 Å². The molecule has 1 amide bonds. The number of benzene rings is 1. The average Bonchev–Trinajstić information content (AvgIpc) is 3.22. The van der Waals surface area contributed by atoms with E-state index in [9.17, 15) is 4.79 Å². The van der Waals surface area contributed by atoms with Crippen LogP contribution in [0.1, 0.15) is 67.5 Å². The molecule has 2 fully saturated rings. The van der Waals surface area contributed by atoms with Crippen molar-refractivity contribution in [1.82, 2.24) is 9.88 Å². The molecule has 3 aliphatic rings. The van der Waals surface area contributed by atoms with E-state index in [-0.39, 0.29) is 5.91 Å². The number of hydrogen-bond acceptors (Lipinski definition) is 3. The summed E-state index contributed by atoms with van der Waals surface area (Å²) in [5.74, 6) is 0.858. The predicted octanol–water partition coefficient (Wildman–Crippen LogP) is 5.81. The maximum atomic E-state index is 13.7. The first kappa shape index (κ1) is 21.8. The second-order valence-corrected chi connectivity index (χ2v) is 11.6. The van der Waals surface area contributed by atoms with E-state index in [1.807, 2.05) is 12.4 Å². The lowest BCUT2D eigenvalue weighted by Crippen LogP contribution is -2.36. The van der Waals surface area contributed by atoms with E-state index in [0.717, 1.165) is 49.1 Å². The van der Waals surface area contributed by atoms with Gasteiger partial charge in [0, 0.05) is 35.4 Å². The summed E-state index contributed by atoms with van der Waals surface area (Å²) < 4.78 is 1.21. The molecule has 2 aliphatic heterocycles. The lowest BCUT2D eigenvalue weighted by molar-refractivity contribution is 0.0716. The third-order valence-electron chi connectivity index (χ3n) is 8.10. The van der Waals surface area contributed by atoms with Crippen LogP contribution < -0.4 is 10.7 Å². The number of aromatic nitrogens is 1. The van der Waals surface area contributed by atoms with Crippen molar-refractivity contribution in [1.29, 1.82) is 0 Å². The first-order chi connectivity index (χ1) is 16.7. The fourth-order valence-corrected chi connectivity index (χ4v) is 6.95. The molecule has 1 saturated carbocycles. The van der Waals surface area contributed by atoms with Crippen molar-refractivity contribution in [2.24, 2.45) is 16.3 Å². The molecule has 1 aromatic carbocycles. The van der Waals surface area contributed by atoms with E-state index in [0.29, 0.717) is 11.3 Å². The fraction of sp³-hybridized carbons (Fsp3) is 0.448. The number of amides is 1. The number of aromatic amines is 1. The van der Waals surface area contributed by atoms with Crippen molar-refractivity contribution in [2.75, 3.05) is 13.1 Å². The molecule has 176 valence electrons. The van der Waals surface area contributed by atoms with Gasteiger partial charge < -0.3 is 9.88 Å². The lowest BCUT2D eigenvalue weighted by Gasteiger charge is -2.27. The molecular weight excluding hydrogens is 438 g/mol. The molecule has 5 heteroatoms. The van der Waals surface area contributed by atoms with Gasteiger partial charge in [-0.25, -0.2) is 4.99 Å². The number of rotatable bonds is 3. The van der Waals surface area contributed by atoms with Crippen LogP contribution in [0.15, 0.2) is 59.9 Å². The molecule has 1 spiro atoms.